The van der Waals surface area contributed by atoms with E-state index in [1.165, 1.54) is 80.0 Å². The number of hydrogen-bond donors (Lipinski definition) is 0. The van der Waals surface area contributed by atoms with Crippen LogP contribution >= 0.6 is 11.3 Å². The van der Waals surface area contributed by atoms with Crippen LogP contribution in [0.2, 0.25) is 0 Å². The highest BCUT2D eigenvalue weighted by molar-refractivity contribution is 7.25. The molecule has 0 radical (unpaired) electrons. The molecule has 0 atom stereocenters. The molecule has 0 aliphatic rings. The summed E-state index contributed by atoms with van der Waals surface area (Å²) >= 11 is 1.88. The molecule has 9 rings (SSSR count). The summed E-state index contributed by atoms with van der Waals surface area (Å²) in [6.45, 7) is 0. The highest BCUT2D eigenvalue weighted by atomic mass is 32.1. The number of para-hydroxylation sites is 1. The van der Waals surface area contributed by atoms with Gasteiger partial charge in [-0.1, -0.05) is 91.0 Å². The number of hydrogen-bond acceptors (Lipinski definition) is 1. The highest BCUT2D eigenvalue weighted by Gasteiger charge is 2.16. The predicted octanol–water partition coefficient (Wildman–Crippen LogP) is 10.6. The SMILES string of the molecule is c1ccc2c(c1)sc1cc3c(cc12)c1ccccc1n3-c1ccc2c3ccccc3c3ccccc3c2c1. The molecule has 9 aromatic rings. The first-order valence-corrected chi connectivity index (χ1v) is 13.8. The van der Waals surface area contributed by atoms with E-state index in [2.05, 4.69) is 132 Å². The van der Waals surface area contributed by atoms with Crippen molar-refractivity contribution >= 4 is 85.6 Å². The van der Waals surface area contributed by atoms with E-state index in [1.807, 2.05) is 11.3 Å². The van der Waals surface area contributed by atoms with Crippen molar-refractivity contribution in [1.29, 1.82) is 0 Å². The van der Waals surface area contributed by atoms with E-state index in [4.69, 9.17) is 0 Å². The van der Waals surface area contributed by atoms with Crippen LogP contribution < -0.4 is 0 Å². The van der Waals surface area contributed by atoms with Crippen molar-refractivity contribution in [2.45, 2.75) is 0 Å². The van der Waals surface area contributed by atoms with Gasteiger partial charge in [0.25, 0.3) is 0 Å². The van der Waals surface area contributed by atoms with Crippen LogP contribution in [0.5, 0.6) is 0 Å². The third-order valence-corrected chi connectivity index (χ3v) is 9.29. The molecule has 2 aromatic heterocycles. The lowest BCUT2D eigenvalue weighted by Crippen LogP contribution is -1.94. The fourth-order valence-corrected chi connectivity index (χ4v) is 7.62. The standard InChI is InChI=1S/C36H21NS/c1-2-11-25-23(9-1)24-10-3-4-12-26(24)30-19-22(17-18-27(25)30)37-33-15-7-5-13-28(33)31-20-32-29-14-6-8-16-35(29)38-36(32)21-34(31)37/h1-21H. The maximum atomic E-state index is 2.46. The Kier molecular flexibility index (Phi) is 3.99. The normalized spacial score (nSPS) is 12.2. The van der Waals surface area contributed by atoms with Gasteiger partial charge in [0, 0.05) is 36.6 Å². The Morgan fingerprint density at radius 2 is 0.921 bits per heavy atom. The zero-order chi connectivity index (χ0) is 24.8. The summed E-state index contributed by atoms with van der Waals surface area (Å²) < 4.78 is 5.13. The van der Waals surface area contributed by atoms with Gasteiger partial charge in [-0.25, -0.2) is 0 Å². The van der Waals surface area contributed by atoms with E-state index in [0.717, 1.165) is 0 Å². The fraction of sp³-hybridized carbons (Fsp3) is 0. The summed E-state index contributed by atoms with van der Waals surface area (Å²) in [7, 11) is 0. The Balaban J connectivity index is 1.43. The van der Waals surface area contributed by atoms with Gasteiger partial charge in [0.15, 0.2) is 0 Å². The van der Waals surface area contributed by atoms with Gasteiger partial charge in [-0.2, -0.15) is 0 Å². The first-order chi connectivity index (χ1) is 18.8. The molecule has 0 unspecified atom stereocenters. The number of aromatic nitrogens is 1. The van der Waals surface area contributed by atoms with Crippen LogP contribution in [0.3, 0.4) is 0 Å². The van der Waals surface area contributed by atoms with Crippen molar-refractivity contribution < 1.29 is 0 Å². The van der Waals surface area contributed by atoms with Crippen molar-refractivity contribution in [3.8, 4) is 5.69 Å². The quantitative estimate of drug-likeness (QED) is 0.198. The zero-order valence-electron chi connectivity index (χ0n) is 20.5. The maximum Gasteiger partial charge on any atom is 0.0555 e. The molecule has 0 saturated heterocycles. The van der Waals surface area contributed by atoms with Crippen LogP contribution in [0.1, 0.15) is 0 Å². The Morgan fingerprint density at radius 3 is 1.66 bits per heavy atom. The van der Waals surface area contributed by atoms with Gasteiger partial charge in [-0.05, 0) is 68.7 Å². The largest absolute Gasteiger partial charge is 0.309 e. The monoisotopic (exact) mass is 499 g/mol. The van der Waals surface area contributed by atoms with Gasteiger partial charge in [0.2, 0.25) is 0 Å². The molecule has 0 aliphatic carbocycles. The van der Waals surface area contributed by atoms with Gasteiger partial charge in [-0.3, -0.25) is 0 Å². The van der Waals surface area contributed by atoms with E-state index >= 15 is 0 Å². The van der Waals surface area contributed by atoms with E-state index in [-0.39, 0.29) is 0 Å². The van der Waals surface area contributed by atoms with E-state index in [9.17, 15) is 0 Å². The molecular formula is C36H21NS. The number of rotatable bonds is 1. The topological polar surface area (TPSA) is 4.93 Å². The summed E-state index contributed by atoms with van der Waals surface area (Å²) in [6.07, 6.45) is 0. The van der Waals surface area contributed by atoms with Crippen molar-refractivity contribution in [3.05, 3.63) is 127 Å². The summed E-state index contributed by atoms with van der Waals surface area (Å²) in [4.78, 5) is 0. The first-order valence-electron chi connectivity index (χ1n) is 13.0. The summed E-state index contributed by atoms with van der Waals surface area (Å²) in [5.74, 6) is 0. The van der Waals surface area contributed by atoms with Crippen LogP contribution in [0.15, 0.2) is 127 Å². The number of thiophene rings is 1. The third kappa shape index (κ3) is 2.65. The highest BCUT2D eigenvalue weighted by Crippen LogP contribution is 2.42. The molecule has 1 nitrogen and oxygen atoms in total. The predicted molar refractivity (Wildman–Crippen MR) is 166 cm³/mol. The molecule has 0 saturated carbocycles. The molecule has 0 bridgehead atoms. The lowest BCUT2D eigenvalue weighted by molar-refractivity contribution is 1.19. The molecule has 0 fully saturated rings. The Hall–Kier alpha value is -4.66. The summed E-state index contributed by atoms with van der Waals surface area (Å²) in [6, 6.07) is 47.0. The minimum atomic E-state index is 1.20. The van der Waals surface area contributed by atoms with Crippen LogP contribution in [-0.2, 0) is 0 Å². The average Bonchev–Trinajstić information content (AvgIpc) is 3.51. The lowest BCUT2D eigenvalue weighted by Gasteiger charge is -2.13. The van der Waals surface area contributed by atoms with Crippen molar-refractivity contribution in [2.75, 3.05) is 0 Å². The first kappa shape index (κ1) is 20.4. The molecule has 7 aromatic carbocycles. The Morgan fingerprint density at radius 1 is 0.342 bits per heavy atom. The van der Waals surface area contributed by atoms with Gasteiger partial charge < -0.3 is 4.57 Å². The van der Waals surface area contributed by atoms with E-state index < -0.39 is 0 Å². The van der Waals surface area contributed by atoms with Gasteiger partial charge in [-0.15, -0.1) is 11.3 Å². The van der Waals surface area contributed by atoms with Crippen LogP contribution in [0.25, 0.3) is 80.0 Å². The molecule has 38 heavy (non-hydrogen) atoms. The summed E-state index contributed by atoms with van der Waals surface area (Å²) in [5.41, 5.74) is 3.70. The minimum absolute atomic E-state index is 1.20. The molecule has 0 spiro atoms. The number of benzene rings is 7. The summed E-state index contributed by atoms with van der Waals surface area (Å²) in [5, 5.41) is 13.1. The molecule has 176 valence electrons. The minimum Gasteiger partial charge on any atom is -0.309 e. The second-order valence-electron chi connectivity index (χ2n) is 10.1. The van der Waals surface area contributed by atoms with Gasteiger partial charge in [0.05, 0.1) is 11.0 Å². The van der Waals surface area contributed by atoms with Gasteiger partial charge in [0.1, 0.15) is 0 Å². The number of fused-ring (bicyclic) bond motifs is 12. The molecule has 0 amide bonds. The third-order valence-electron chi connectivity index (χ3n) is 8.16. The van der Waals surface area contributed by atoms with Gasteiger partial charge >= 0.3 is 0 Å². The molecule has 0 N–H and O–H groups in total. The molecule has 2 heterocycles. The van der Waals surface area contributed by atoms with Crippen LogP contribution in [0.4, 0.5) is 0 Å². The second kappa shape index (κ2) is 7.44. The second-order valence-corrected chi connectivity index (χ2v) is 11.2. The molecular weight excluding hydrogens is 478 g/mol. The fourth-order valence-electron chi connectivity index (χ4n) is 6.50. The van der Waals surface area contributed by atoms with E-state index in [0.29, 0.717) is 0 Å². The smallest absolute Gasteiger partial charge is 0.0555 e. The maximum absolute atomic E-state index is 2.46. The average molecular weight is 500 g/mol. The lowest BCUT2D eigenvalue weighted by atomic mass is 9.94. The molecule has 0 aliphatic heterocycles. The number of nitrogens with zero attached hydrogens (tertiary/aromatic N) is 1. The van der Waals surface area contributed by atoms with E-state index in [1.54, 1.807) is 0 Å². The molecule has 2 heteroatoms. The Labute approximate surface area is 222 Å². The van der Waals surface area contributed by atoms with Crippen molar-refractivity contribution in [2.24, 2.45) is 0 Å². The van der Waals surface area contributed by atoms with Crippen molar-refractivity contribution in [3.63, 3.8) is 0 Å². The Bertz CT molecular complexity index is 2370. The van der Waals surface area contributed by atoms with Crippen LogP contribution in [0, 0.1) is 0 Å². The zero-order valence-corrected chi connectivity index (χ0v) is 21.3. The van der Waals surface area contributed by atoms with Crippen LogP contribution in [-0.4, -0.2) is 4.57 Å². The van der Waals surface area contributed by atoms with Crippen molar-refractivity contribution in [1.82, 2.24) is 4.57 Å².